The van der Waals surface area contributed by atoms with Crippen molar-refractivity contribution in [1.82, 2.24) is 19.9 Å². The van der Waals surface area contributed by atoms with Gasteiger partial charge in [0.15, 0.2) is 0 Å². The molecule has 1 N–H and O–H groups in total. The van der Waals surface area contributed by atoms with E-state index in [1.807, 2.05) is 54.6 Å². The lowest BCUT2D eigenvalue weighted by Crippen LogP contribution is -2.16. The standard InChI is InChI=1S/C31H22ClN5O2S2/c1-39-23(38)15-20(27-34-26(32)24-18-11-5-7-13-21(18)40-30(24)36-27)28-35-29(33-16-17-9-3-2-4-10-17)25-19-12-6-8-14-22(19)41-31(25)37-28/h2-14,20H,15-16H2,1H3,(H,33,35,37). The maximum Gasteiger partial charge on any atom is 0.306 e. The van der Waals surface area contributed by atoms with Gasteiger partial charge in [-0.1, -0.05) is 78.3 Å². The topological polar surface area (TPSA) is 89.9 Å². The Bertz CT molecular complexity index is 2080. The Morgan fingerprint density at radius 3 is 2.07 bits per heavy atom. The lowest BCUT2D eigenvalue weighted by atomic mass is 10.0. The Kier molecular flexibility index (Phi) is 6.70. The molecule has 202 valence electrons. The zero-order valence-electron chi connectivity index (χ0n) is 21.8. The van der Waals surface area contributed by atoms with Crippen molar-refractivity contribution in [3.63, 3.8) is 0 Å². The van der Waals surface area contributed by atoms with E-state index in [2.05, 4.69) is 29.6 Å². The third-order valence-corrected chi connectivity index (χ3v) is 9.40. The minimum atomic E-state index is -0.665. The SMILES string of the molecule is COC(=O)CC(c1nc(Cl)c2c(n1)sc1ccccc12)c1nc(NCc2ccccc2)c2c(n1)sc1ccccc12. The molecule has 1 atom stereocenters. The summed E-state index contributed by atoms with van der Waals surface area (Å²) in [5.74, 6) is 0.428. The number of aromatic nitrogens is 4. The Morgan fingerprint density at radius 2 is 1.39 bits per heavy atom. The van der Waals surface area contributed by atoms with Crippen LogP contribution in [0.3, 0.4) is 0 Å². The molecule has 0 radical (unpaired) electrons. The second kappa shape index (κ2) is 10.7. The highest BCUT2D eigenvalue weighted by atomic mass is 35.5. The fourth-order valence-corrected chi connectivity index (χ4v) is 7.50. The van der Waals surface area contributed by atoms with E-state index in [9.17, 15) is 4.79 Å². The zero-order valence-corrected chi connectivity index (χ0v) is 24.2. The molecule has 0 bridgehead atoms. The van der Waals surface area contributed by atoms with Gasteiger partial charge >= 0.3 is 5.97 Å². The van der Waals surface area contributed by atoms with Crippen molar-refractivity contribution in [2.24, 2.45) is 0 Å². The minimum Gasteiger partial charge on any atom is -0.469 e. The fourth-order valence-electron chi connectivity index (χ4n) is 5.01. The van der Waals surface area contributed by atoms with Gasteiger partial charge in [-0.15, -0.1) is 22.7 Å². The molecule has 0 amide bonds. The molecule has 3 aromatic carbocycles. The first-order valence-electron chi connectivity index (χ1n) is 13.0. The summed E-state index contributed by atoms with van der Waals surface area (Å²) in [6.07, 6.45) is -0.0300. The van der Waals surface area contributed by atoms with Gasteiger partial charge in [0.2, 0.25) is 0 Å². The van der Waals surface area contributed by atoms with Crippen LogP contribution in [0.1, 0.15) is 29.6 Å². The van der Waals surface area contributed by atoms with Gasteiger partial charge in [0.1, 0.15) is 32.3 Å². The summed E-state index contributed by atoms with van der Waals surface area (Å²) in [7, 11) is 1.37. The predicted molar refractivity (Wildman–Crippen MR) is 167 cm³/mol. The molecule has 0 saturated carbocycles. The van der Waals surface area contributed by atoms with Crippen LogP contribution in [0.15, 0.2) is 78.9 Å². The predicted octanol–water partition coefficient (Wildman–Crippen LogP) is 7.96. The number of fused-ring (bicyclic) bond motifs is 6. The fraction of sp³-hybridized carbons (Fsp3) is 0.129. The van der Waals surface area contributed by atoms with E-state index in [1.54, 1.807) is 11.3 Å². The molecule has 1 unspecified atom stereocenters. The van der Waals surface area contributed by atoms with E-state index in [1.165, 1.54) is 18.4 Å². The number of anilines is 1. The lowest BCUT2D eigenvalue weighted by molar-refractivity contribution is -0.140. The van der Waals surface area contributed by atoms with Crippen LogP contribution in [0.5, 0.6) is 0 Å². The number of benzene rings is 3. The van der Waals surface area contributed by atoms with E-state index in [4.69, 9.17) is 36.3 Å². The Labute approximate surface area is 247 Å². The van der Waals surface area contributed by atoms with E-state index >= 15 is 0 Å². The number of rotatable bonds is 7. The Morgan fingerprint density at radius 1 is 0.805 bits per heavy atom. The van der Waals surface area contributed by atoms with Crippen LogP contribution in [0.2, 0.25) is 5.15 Å². The largest absolute Gasteiger partial charge is 0.469 e. The summed E-state index contributed by atoms with van der Waals surface area (Å²) in [5, 5.41) is 7.69. The first-order chi connectivity index (χ1) is 20.1. The maximum atomic E-state index is 12.7. The average molecular weight is 596 g/mol. The van der Waals surface area contributed by atoms with Gasteiger partial charge in [-0.25, -0.2) is 19.9 Å². The number of thiophene rings is 2. The van der Waals surface area contributed by atoms with Gasteiger partial charge < -0.3 is 10.1 Å². The van der Waals surface area contributed by atoms with Crippen molar-refractivity contribution < 1.29 is 9.53 Å². The van der Waals surface area contributed by atoms with Crippen molar-refractivity contribution in [3.8, 4) is 0 Å². The molecular weight excluding hydrogens is 574 g/mol. The quantitative estimate of drug-likeness (QED) is 0.148. The summed E-state index contributed by atoms with van der Waals surface area (Å²) in [4.78, 5) is 33.8. The van der Waals surface area contributed by atoms with Crippen LogP contribution in [0.25, 0.3) is 40.6 Å². The third kappa shape index (κ3) is 4.76. The maximum absolute atomic E-state index is 12.7. The zero-order chi connectivity index (χ0) is 27.9. The van der Waals surface area contributed by atoms with Crippen LogP contribution in [0.4, 0.5) is 5.82 Å². The number of esters is 1. The highest BCUT2D eigenvalue weighted by Gasteiger charge is 2.28. The first-order valence-corrected chi connectivity index (χ1v) is 15.0. The number of carbonyl (C=O) groups excluding carboxylic acids is 1. The smallest absolute Gasteiger partial charge is 0.306 e. The highest BCUT2D eigenvalue weighted by Crippen LogP contribution is 2.40. The van der Waals surface area contributed by atoms with Crippen LogP contribution in [0, 0.1) is 0 Å². The molecule has 7 rings (SSSR count). The third-order valence-electron chi connectivity index (χ3n) is 6.99. The normalized spacial score (nSPS) is 12.3. The van der Waals surface area contributed by atoms with E-state index in [0.29, 0.717) is 29.2 Å². The second-order valence-corrected chi connectivity index (χ2v) is 12.0. The summed E-state index contributed by atoms with van der Waals surface area (Å²) in [5.41, 5.74) is 1.12. The van der Waals surface area contributed by atoms with Gasteiger partial charge in [-0.05, 0) is 17.7 Å². The molecule has 0 aliphatic carbocycles. The number of methoxy groups -OCH3 is 1. The van der Waals surface area contributed by atoms with E-state index < -0.39 is 11.9 Å². The number of hydrogen-bond acceptors (Lipinski definition) is 9. The van der Waals surface area contributed by atoms with Gasteiger partial charge in [0.25, 0.3) is 0 Å². The molecule has 0 saturated heterocycles. The summed E-state index contributed by atoms with van der Waals surface area (Å²) < 4.78 is 7.24. The van der Waals surface area contributed by atoms with Crippen LogP contribution < -0.4 is 5.32 Å². The van der Waals surface area contributed by atoms with Crippen molar-refractivity contribution >= 4 is 86.7 Å². The van der Waals surface area contributed by atoms with Crippen molar-refractivity contribution in [2.75, 3.05) is 12.4 Å². The first kappa shape index (κ1) is 25.8. The van der Waals surface area contributed by atoms with Gasteiger partial charge in [0, 0.05) is 26.7 Å². The summed E-state index contributed by atoms with van der Waals surface area (Å²) >= 11 is 9.89. The molecule has 0 spiro atoms. The van der Waals surface area contributed by atoms with Crippen molar-refractivity contribution in [1.29, 1.82) is 0 Å². The highest BCUT2D eigenvalue weighted by molar-refractivity contribution is 7.26. The molecule has 0 aliphatic rings. The molecule has 7 nitrogen and oxygen atoms in total. The van der Waals surface area contributed by atoms with Gasteiger partial charge in [-0.3, -0.25) is 4.79 Å². The molecule has 0 fully saturated rings. The van der Waals surface area contributed by atoms with E-state index in [-0.39, 0.29) is 6.42 Å². The molecule has 7 aromatic rings. The monoisotopic (exact) mass is 595 g/mol. The molecule has 4 heterocycles. The number of halogens is 1. The lowest BCUT2D eigenvalue weighted by Gasteiger charge is -2.16. The molecular formula is C31H22ClN5O2S2. The van der Waals surface area contributed by atoms with Crippen LogP contribution in [-0.2, 0) is 16.1 Å². The summed E-state index contributed by atoms with van der Waals surface area (Å²) in [6, 6.07) is 26.3. The number of nitrogens with one attached hydrogen (secondary N) is 1. The van der Waals surface area contributed by atoms with Crippen molar-refractivity contribution in [3.05, 3.63) is 101 Å². The average Bonchev–Trinajstić information content (AvgIpc) is 3.57. The molecule has 10 heteroatoms. The second-order valence-electron chi connectivity index (χ2n) is 9.53. The number of nitrogens with zero attached hydrogens (tertiary/aromatic N) is 4. The van der Waals surface area contributed by atoms with Crippen molar-refractivity contribution in [2.45, 2.75) is 18.9 Å². The number of hydrogen-bond donors (Lipinski definition) is 1. The number of carbonyl (C=O) groups is 1. The Hall–Kier alpha value is -4.18. The number of ether oxygens (including phenoxy) is 1. The molecule has 4 aromatic heterocycles. The van der Waals surface area contributed by atoms with Crippen LogP contribution >= 0.6 is 34.3 Å². The summed E-state index contributed by atoms with van der Waals surface area (Å²) in [6.45, 7) is 0.578. The molecule has 0 aliphatic heterocycles. The Balaban J connectivity index is 1.41. The van der Waals surface area contributed by atoms with E-state index in [0.717, 1.165) is 46.2 Å². The molecule has 41 heavy (non-hydrogen) atoms. The van der Waals surface area contributed by atoms with Crippen LogP contribution in [-0.4, -0.2) is 33.0 Å². The van der Waals surface area contributed by atoms with Gasteiger partial charge in [-0.2, -0.15) is 0 Å². The minimum absolute atomic E-state index is 0.0300. The van der Waals surface area contributed by atoms with Gasteiger partial charge in [0.05, 0.1) is 30.2 Å².